The molecule has 6 nitrogen and oxygen atoms in total. The van der Waals surface area contributed by atoms with Crippen molar-refractivity contribution in [3.05, 3.63) is 11.8 Å². The minimum absolute atomic E-state index is 0.150. The lowest BCUT2D eigenvalue weighted by molar-refractivity contribution is 0.0635. The number of hydrogen-bond donors (Lipinski definition) is 1. The highest BCUT2D eigenvalue weighted by molar-refractivity contribution is 5.84. The standard InChI is InChI=1S/C11H16N4O2/c1-8-7-15(6-5-12)14-9(8)13-10(16)17-11(2,3)4/h7H,6H2,1-4H3,(H,13,14,16). The van der Waals surface area contributed by atoms with Crippen LogP contribution in [0.1, 0.15) is 26.3 Å². The number of carbonyl (C=O) groups excluding carboxylic acids is 1. The summed E-state index contributed by atoms with van der Waals surface area (Å²) in [6, 6.07) is 1.97. The fourth-order valence-electron chi connectivity index (χ4n) is 1.20. The Labute approximate surface area is 100 Å². The Balaban J connectivity index is 2.69. The molecule has 0 fully saturated rings. The van der Waals surface area contributed by atoms with Crippen LogP contribution in [0.4, 0.5) is 10.6 Å². The van der Waals surface area contributed by atoms with E-state index < -0.39 is 11.7 Å². The first-order chi connectivity index (χ1) is 7.81. The van der Waals surface area contributed by atoms with E-state index in [0.717, 1.165) is 5.56 Å². The number of aromatic nitrogens is 2. The Morgan fingerprint density at radius 2 is 2.29 bits per heavy atom. The van der Waals surface area contributed by atoms with Crippen molar-refractivity contribution in [3.63, 3.8) is 0 Å². The first-order valence-electron chi connectivity index (χ1n) is 5.23. The van der Waals surface area contributed by atoms with Gasteiger partial charge < -0.3 is 4.74 Å². The van der Waals surface area contributed by atoms with Gasteiger partial charge in [0.25, 0.3) is 0 Å². The van der Waals surface area contributed by atoms with Crippen LogP contribution < -0.4 is 5.32 Å². The molecule has 0 atom stereocenters. The molecule has 0 radical (unpaired) electrons. The van der Waals surface area contributed by atoms with Gasteiger partial charge in [-0.3, -0.25) is 10.00 Å². The van der Waals surface area contributed by atoms with Crippen LogP contribution in [0.2, 0.25) is 0 Å². The van der Waals surface area contributed by atoms with Gasteiger partial charge in [0, 0.05) is 11.8 Å². The van der Waals surface area contributed by atoms with Crippen molar-refractivity contribution in [2.24, 2.45) is 0 Å². The Bertz CT molecular complexity index is 451. The Morgan fingerprint density at radius 1 is 1.65 bits per heavy atom. The molecule has 0 unspecified atom stereocenters. The van der Waals surface area contributed by atoms with E-state index in [1.807, 2.05) is 6.07 Å². The lowest BCUT2D eigenvalue weighted by atomic mass is 10.2. The molecule has 0 aliphatic carbocycles. The SMILES string of the molecule is Cc1cn(CC#N)nc1NC(=O)OC(C)(C)C. The van der Waals surface area contributed by atoms with Gasteiger partial charge in [0.15, 0.2) is 5.82 Å². The number of hydrogen-bond acceptors (Lipinski definition) is 4. The van der Waals surface area contributed by atoms with Crippen LogP contribution in [0, 0.1) is 18.3 Å². The maximum absolute atomic E-state index is 11.5. The third-order valence-corrected chi connectivity index (χ3v) is 1.80. The fraction of sp³-hybridized carbons (Fsp3) is 0.545. The van der Waals surface area contributed by atoms with Crippen molar-refractivity contribution >= 4 is 11.9 Å². The minimum Gasteiger partial charge on any atom is -0.444 e. The number of anilines is 1. The molecule has 1 rings (SSSR count). The van der Waals surface area contributed by atoms with Crippen molar-refractivity contribution in [1.29, 1.82) is 5.26 Å². The summed E-state index contributed by atoms with van der Waals surface area (Å²) in [6.45, 7) is 7.31. The number of amides is 1. The van der Waals surface area contributed by atoms with Crippen LogP contribution >= 0.6 is 0 Å². The lowest BCUT2D eigenvalue weighted by Crippen LogP contribution is -2.27. The topological polar surface area (TPSA) is 79.9 Å². The van der Waals surface area contributed by atoms with Crippen molar-refractivity contribution in [1.82, 2.24) is 9.78 Å². The zero-order chi connectivity index (χ0) is 13.1. The molecule has 0 bridgehead atoms. The summed E-state index contributed by atoms with van der Waals surface area (Å²) < 4.78 is 6.56. The lowest BCUT2D eigenvalue weighted by Gasteiger charge is -2.19. The van der Waals surface area contributed by atoms with E-state index in [1.165, 1.54) is 4.68 Å². The van der Waals surface area contributed by atoms with Gasteiger partial charge in [-0.1, -0.05) is 0 Å². The van der Waals surface area contributed by atoms with Gasteiger partial charge in [-0.2, -0.15) is 10.4 Å². The van der Waals surface area contributed by atoms with Crippen molar-refractivity contribution < 1.29 is 9.53 Å². The molecule has 1 amide bonds. The van der Waals surface area contributed by atoms with Crippen LogP contribution in [0.15, 0.2) is 6.20 Å². The summed E-state index contributed by atoms with van der Waals surface area (Å²) in [4.78, 5) is 11.5. The average molecular weight is 236 g/mol. The highest BCUT2D eigenvalue weighted by atomic mass is 16.6. The molecule has 0 aliphatic rings. The molecule has 17 heavy (non-hydrogen) atoms. The molecular formula is C11H16N4O2. The van der Waals surface area contributed by atoms with Crippen LogP contribution in [-0.2, 0) is 11.3 Å². The molecule has 0 aliphatic heterocycles. The number of nitriles is 1. The van der Waals surface area contributed by atoms with E-state index in [9.17, 15) is 4.79 Å². The number of nitrogens with one attached hydrogen (secondary N) is 1. The first-order valence-corrected chi connectivity index (χ1v) is 5.23. The van der Waals surface area contributed by atoms with E-state index in [4.69, 9.17) is 10.00 Å². The van der Waals surface area contributed by atoms with E-state index in [2.05, 4.69) is 10.4 Å². The zero-order valence-electron chi connectivity index (χ0n) is 10.4. The maximum Gasteiger partial charge on any atom is 0.413 e. The van der Waals surface area contributed by atoms with Crippen molar-refractivity contribution in [3.8, 4) is 6.07 Å². The minimum atomic E-state index is -0.553. The molecule has 1 aromatic rings. The largest absolute Gasteiger partial charge is 0.444 e. The van der Waals surface area contributed by atoms with Crippen molar-refractivity contribution in [2.45, 2.75) is 39.8 Å². The van der Waals surface area contributed by atoms with E-state index >= 15 is 0 Å². The Morgan fingerprint density at radius 3 is 2.82 bits per heavy atom. The molecule has 0 saturated heterocycles. The monoisotopic (exact) mass is 236 g/mol. The number of aryl methyl sites for hydroxylation is 1. The van der Waals surface area contributed by atoms with Crippen LogP contribution in [0.5, 0.6) is 0 Å². The second-order valence-corrected chi connectivity index (χ2v) is 4.64. The highest BCUT2D eigenvalue weighted by Gasteiger charge is 2.17. The molecule has 1 aromatic heterocycles. The summed E-state index contributed by atoms with van der Waals surface area (Å²) in [5, 5.41) is 15.1. The number of ether oxygens (including phenoxy) is 1. The average Bonchev–Trinajstić information content (AvgIpc) is 2.44. The Kier molecular flexibility index (Phi) is 3.73. The molecule has 0 saturated carbocycles. The molecular weight excluding hydrogens is 220 g/mol. The van der Waals surface area contributed by atoms with Gasteiger partial charge in [0.05, 0.1) is 6.07 Å². The molecule has 1 N–H and O–H groups in total. The van der Waals surface area contributed by atoms with E-state index in [-0.39, 0.29) is 6.54 Å². The number of rotatable bonds is 2. The summed E-state index contributed by atoms with van der Waals surface area (Å²) >= 11 is 0. The highest BCUT2D eigenvalue weighted by Crippen LogP contribution is 2.14. The predicted molar refractivity (Wildman–Crippen MR) is 62.4 cm³/mol. The summed E-state index contributed by atoms with van der Waals surface area (Å²) in [6.07, 6.45) is 1.14. The van der Waals surface area contributed by atoms with Crippen LogP contribution in [-0.4, -0.2) is 21.5 Å². The van der Waals surface area contributed by atoms with Gasteiger partial charge in [-0.25, -0.2) is 4.79 Å². The summed E-state index contributed by atoms with van der Waals surface area (Å²) in [5.41, 5.74) is 0.235. The first kappa shape index (κ1) is 13.0. The fourth-order valence-corrected chi connectivity index (χ4v) is 1.20. The second kappa shape index (κ2) is 4.87. The van der Waals surface area contributed by atoms with Crippen molar-refractivity contribution in [2.75, 3.05) is 5.32 Å². The number of nitrogens with zero attached hydrogens (tertiary/aromatic N) is 3. The van der Waals surface area contributed by atoms with Gasteiger partial charge in [-0.15, -0.1) is 0 Å². The quantitative estimate of drug-likeness (QED) is 0.852. The Hall–Kier alpha value is -2.03. The third-order valence-electron chi connectivity index (χ3n) is 1.80. The van der Waals surface area contributed by atoms with Gasteiger partial charge in [0.2, 0.25) is 0 Å². The van der Waals surface area contributed by atoms with Gasteiger partial charge in [0.1, 0.15) is 12.1 Å². The summed E-state index contributed by atoms with van der Waals surface area (Å²) in [5.74, 6) is 0.412. The second-order valence-electron chi connectivity index (χ2n) is 4.64. The maximum atomic E-state index is 11.5. The smallest absolute Gasteiger partial charge is 0.413 e. The van der Waals surface area contributed by atoms with E-state index in [0.29, 0.717) is 5.82 Å². The van der Waals surface area contributed by atoms with Crippen LogP contribution in [0.3, 0.4) is 0 Å². The molecule has 1 heterocycles. The van der Waals surface area contributed by atoms with Gasteiger partial charge in [-0.05, 0) is 27.7 Å². The van der Waals surface area contributed by atoms with Gasteiger partial charge >= 0.3 is 6.09 Å². The molecule has 6 heteroatoms. The summed E-state index contributed by atoms with van der Waals surface area (Å²) in [7, 11) is 0. The predicted octanol–water partition coefficient (Wildman–Crippen LogP) is 2.06. The normalized spacial score (nSPS) is 10.8. The van der Waals surface area contributed by atoms with E-state index in [1.54, 1.807) is 33.9 Å². The zero-order valence-corrected chi connectivity index (χ0v) is 10.4. The number of carbonyl (C=O) groups is 1. The molecule has 0 aromatic carbocycles. The third kappa shape index (κ3) is 4.15. The molecule has 0 spiro atoms. The van der Waals surface area contributed by atoms with Crippen LogP contribution in [0.25, 0.3) is 0 Å². The molecule has 92 valence electrons.